The number of benzene rings is 1. The van der Waals surface area contributed by atoms with E-state index in [0.29, 0.717) is 17.9 Å². The van der Waals surface area contributed by atoms with Crippen molar-refractivity contribution in [3.8, 4) is 11.1 Å². The lowest BCUT2D eigenvalue weighted by atomic mass is 10.0. The first kappa shape index (κ1) is 17.7. The Hall–Kier alpha value is -3.71. The lowest BCUT2D eigenvalue weighted by Crippen LogP contribution is -2.10. The van der Waals surface area contributed by atoms with Crippen molar-refractivity contribution < 1.29 is 15.0 Å². The van der Waals surface area contributed by atoms with E-state index in [0.717, 1.165) is 27.9 Å². The molecule has 0 saturated heterocycles. The van der Waals surface area contributed by atoms with E-state index in [1.165, 1.54) is 0 Å². The van der Waals surface area contributed by atoms with Crippen molar-refractivity contribution in [2.24, 2.45) is 0 Å². The summed E-state index contributed by atoms with van der Waals surface area (Å²) in [6.07, 6.45) is 2.04. The van der Waals surface area contributed by atoms with Crippen LogP contribution in [0.2, 0.25) is 0 Å². The number of anilines is 1. The van der Waals surface area contributed by atoms with Gasteiger partial charge in [-0.05, 0) is 41.0 Å². The zero-order valence-electron chi connectivity index (χ0n) is 14.8. The third-order valence-corrected chi connectivity index (χ3v) is 4.48. The van der Waals surface area contributed by atoms with E-state index >= 15 is 0 Å². The van der Waals surface area contributed by atoms with E-state index in [2.05, 4.69) is 20.3 Å². The average Bonchev–Trinajstić information content (AvgIpc) is 3.20. The van der Waals surface area contributed by atoms with Gasteiger partial charge in [-0.1, -0.05) is 30.3 Å². The minimum atomic E-state index is -1.53. The molecule has 0 aliphatic heterocycles. The Kier molecular flexibility index (Phi) is 4.74. The maximum Gasteiger partial charge on any atom is 0.337 e. The zero-order valence-corrected chi connectivity index (χ0v) is 14.8. The molecular weight excluding hydrogens is 356 g/mol. The molecule has 0 radical (unpaired) electrons. The first-order valence-electron chi connectivity index (χ1n) is 8.75. The number of fused-ring (bicyclic) bond motifs is 1. The fraction of sp³-hybridized carbons (Fsp3) is 0.0952. The second kappa shape index (κ2) is 7.50. The summed E-state index contributed by atoms with van der Waals surface area (Å²) in [7, 11) is 0. The smallest absolute Gasteiger partial charge is 0.337 e. The number of nitrogens with one attached hydrogen (secondary N) is 2. The van der Waals surface area contributed by atoms with Crippen molar-refractivity contribution in [2.75, 3.05) is 5.32 Å². The predicted octanol–water partition coefficient (Wildman–Crippen LogP) is 3.36. The predicted molar refractivity (Wildman–Crippen MR) is 106 cm³/mol. The van der Waals surface area contributed by atoms with E-state index in [1.54, 1.807) is 30.5 Å². The van der Waals surface area contributed by atoms with E-state index in [4.69, 9.17) is 5.11 Å². The van der Waals surface area contributed by atoms with E-state index in [-0.39, 0.29) is 0 Å². The summed E-state index contributed by atoms with van der Waals surface area (Å²) >= 11 is 0. The summed E-state index contributed by atoms with van der Waals surface area (Å²) in [6, 6.07) is 16.5. The molecule has 140 valence electrons. The number of aliphatic carboxylic acids is 1. The first-order chi connectivity index (χ1) is 13.6. The van der Waals surface area contributed by atoms with Crippen molar-refractivity contribution in [2.45, 2.75) is 12.6 Å². The molecule has 0 amide bonds. The van der Waals surface area contributed by atoms with Crippen LogP contribution in [0.5, 0.6) is 0 Å². The SMILES string of the molecule is O=C(O)C(O)c1ccc(-c2cc(NCc3ccccn3)nc3[nH]ccc23)cc1. The molecular formula is C21H18N4O3. The van der Waals surface area contributed by atoms with Gasteiger partial charge < -0.3 is 20.5 Å². The number of aromatic amines is 1. The standard InChI is InChI=1S/C21H18N4O3/c26-19(21(27)28)14-6-4-13(5-7-14)17-11-18(25-20-16(17)8-10-23-20)24-12-15-3-1-2-9-22-15/h1-11,19,26H,12H2,(H,27,28)(H2,23,24,25). The molecule has 0 fully saturated rings. The van der Waals surface area contributed by atoms with E-state index in [1.807, 2.05) is 36.5 Å². The molecule has 3 aromatic heterocycles. The molecule has 0 aliphatic carbocycles. The molecule has 0 aliphatic rings. The summed E-state index contributed by atoms with van der Waals surface area (Å²) in [5, 5.41) is 22.9. The number of hydrogen-bond acceptors (Lipinski definition) is 5. The summed E-state index contributed by atoms with van der Waals surface area (Å²) in [5.41, 5.74) is 3.84. The van der Waals surface area contributed by atoms with Crippen molar-refractivity contribution in [1.29, 1.82) is 0 Å². The van der Waals surface area contributed by atoms with Crippen LogP contribution < -0.4 is 5.32 Å². The van der Waals surface area contributed by atoms with Gasteiger partial charge in [0, 0.05) is 17.8 Å². The highest BCUT2D eigenvalue weighted by Crippen LogP contribution is 2.31. The fourth-order valence-electron chi connectivity index (χ4n) is 3.04. The van der Waals surface area contributed by atoms with Crippen LogP contribution in [-0.4, -0.2) is 31.1 Å². The normalized spacial score (nSPS) is 12.0. The lowest BCUT2D eigenvalue weighted by Gasteiger charge is -2.11. The van der Waals surface area contributed by atoms with Crippen LogP contribution in [0.25, 0.3) is 22.2 Å². The molecule has 7 nitrogen and oxygen atoms in total. The minimum absolute atomic E-state index is 0.337. The van der Waals surface area contributed by atoms with Gasteiger partial charge in [0.2, 0.25) is 0 Å². The van der Waals surface area contributed by atoms with Crippen molar-refractivity contribution in [3.63, 3.8) is 0 Å². The van der Waals surface area contributed by atoms with Gasteiger partial charge in [0.15, 0.2) is 6.10 Å². The van der Waals surface area contributed by atoms with E-state index in [9.17, 15) is 9.90 Å². The van der Waals surface area contributed by atoms with Gasteiger partial charge in [-0.3, -0.25) is 4.98 Å². The number of carboxylic acid groups (broad SMARTS) is 1. The van der Waals surface area contributed by atoms with Crippen molar-refractivity contribution >= 4 is 22.8 Å². The summed E-state index contributed by atoms with van der Waals surface area (Å²) in [5.74, 6) is -0.573. The van der Waals surface area contributed by atoms with Crippen LogP contribution in [0.1, 0.15) is 17.4 Å². The van der Waals surface area contributed by atoms with Crippen LogP contribution in [0.15, 0.2) is 67.0 Å². The van der Waals surface area contributed by atoms with Crippen LogP contribution in [0.4, 0.5) is 5.82 Å². The Labute approximate surface area is 160 Å². The third-order valence-electron chi connectivity index (χ3n) is 4.48. The second-order valence-corrected chi connectivity index (χ2v) is 6.33. The maximum absolute atomic E-state index is 11.0. The second-order valence-electron chi connectivity index (χ2n) is 6.33. The molecule has 0 bridgehead atoms. The van der Waals surface area contributed by atoms with Gasteiger partial charge in [-0.25, -0.2) is 9.78 Å². The lowest BCUT2D eigenvalue weighted by molar-refractivity contribution is -0.146. The molecule has 0 spiro atoms. The fourth-order valence-corrected chi connectivity index (χ4v) is 3.04. The number of carboxylic acids is 1. The van der Waals surface area contributed by atoms with E-state index < -0.39 is 12.1 Å². The number of rotatable bonds is 6. The van der Waals surface area contributed by atoms with Gasteiger partial charge in [-0.2, -0.15) is 0 Å². The molecule has 3 heterocycles. The topological polar surface area (TPSA) is 111 Å². The largest absolute Gasteiger partial charge is 0.479 e. The number of carbonyl (C=O) groups is 1. The summed E-state index contributed by atoms with van der Waals surface area (Å²) < 4.78 is 0. The van der Waals surface area contributed by atoms with Crippen LogP contribution >= 0.6 is 0 Å². The quantitative estimate of drug-likeness (QED) is 0.412. The Morgan fingerprint density at radius 1 is 1.14 bits per heavy atom. The number of H-pyrrole nitrogens is 1. The Balaban J connectivity index is 1.66. The van der Waals surface area contributed by atoms with Gasteiger partial charge in [-0.15, -0.1) is 0 Å². The monoisotopic (exact) mass is 374 g/mol. The number of aromatic nitrogens is 3. The molecule has 1 unspecified atom stereocenters. The van der Waals surface area contributed by atoms with Crippen molar-refractivity contribution in [3.05, 3.63) is 78.2 Å². The Morgan fingerprint density at radius 2 is 1.96 bits per heavy atom. The highest BCUT2D eigenvalue weighted by atomic mass is 16.4. The molecule has 4 N–H and O–H groups in total. The highest BCUT2D eigenvalue weighted by molar-refractivity contribution is 5.94. The number of aliphatic hydroxyl groups is 1. The highest BCUT2D eigenvalue weighted by Gasteiger charge is 2.16. The van der Waals surface area contributed by atoms with Gasteiger partial charge in [0.25, 0.3) is 0 Å². The molecule has 7 heteroatoms. The average molecular weight is 374 g/mol. The molecule has 1 aromatic carbocycles. The number of pyridine rings is 2. The van der Waals surface area contributed by atoms with Crippen LogP contribution in [0, 0.1) is 0 Å². The molecule has 0 saturated carbocycles. The van der Waals surface area contributed by atoms with Gasteiger partial charge >= 0.3 is 5.97 Å². The van der Waals surface area contributed by atoms with Gasteiger partial charge in [0.05, 0.1) is 12.2 Å². The maximum atomic E-state index is 11.0. The third kappa shape index (κ3) is 3.56. The summed E-state index contributed by atoms with van der Waals surface area (Å²) in [4.78, 5) is 23.0. The van der Waals surface area contributed by atoms with Crippen LogP contribution in [-0.2, 0) is 11.3 Å². The zero-order chi connectivity index (χ0) is 19.5. The molecule has 28 heavy (non-hydrogen) atoms. The Bertz CT molecular complexity index is 1110. The number of nitrogens with zero attached hydrogens (tertiary/aromatic N) is 2. The molecule has 1 atom stereocenters. The van der Waals surface area contributed by atoms with Gasteiger partial charge in [0.1, 0.15) is 11.5 Å². The first-order valence-corrected chi connectivity index (χ1v) is 8.75. The number of hydrogen-bond donors (Lipinski definition) is 4. The number of aliphatic hydroxyl groups excluding tert-OH is 1. The molecule has 4 rings (SSSR count). The summed E-state index contributed by atoms with van der Waals surface area (Å²) in [6.45, 7) is 0.545. The van der Waals surface area contributed by atoms with Crippen LogP contribution in [0.3, 0.4) is 0 Å². The van der Waals surface area contributed by atoms with Crippen molar-refractivity contribution in [1.82, 2.24) is 15.0 Å². The molecule has 4 aromatic rings. The Morgan fingerprint density at radius 3 is 2.68 bits per heavy atom. The minimum Gasteiger partial charge on any atom is -0.479 e.